The third-order valence-electron chi connectivity index (χ3n) is 3.80. The first kappa shape index (κ1) is 14.6. The lowest BCUT2D eigenvalue weighted by Crippen LogP contribution is -2.45. The molecule has 1 aromatic rings. The van der Waals surface area contributed by atoms with E-state index in [2.05, 4.69) is 25.2 Å². The van der Waals surface area contributed by atoms with Crippen LogP contribution in [0.5, 0.6) is 0 Å². The van der Waals surface area contributed by atoms with E-state index in [9.17, 15) is 8.42 Å². The molecule has 3 rings (SSSR count). The maximum atomic E-state index is 12.3. The SMILES string of the molecule is O=S(=O)(Nc1nccnn1)N1CCCC(CNC2CC2)C1. The summed E-state index contributed by atoms with van der Waals surface area (Å²) in [4.78, 5) is 3.84. The molecule has 1 aliphatic heterocycles. The van der Waals surface area contributed by atoms with E-state index in [0.717, 1.165) is 19.4 Å². The van der Waals surface area contributed by atoms with E-state index in [1.165, 1.54) is 29.5 Å². The molecule has 0 bridgehead atoms. The molecule has 1 saturated carbocycles. The minimum atomic E-state index is -3.60. The van der Waals surface area contributed by atoms with E-state index in [1.807, 2.05) is 0 Å². The first-order chi connectivity index (χ1) is 10.1. The predicted octanol–water partition coefficient (Wildman–Crippen LogP) is -0.00770. The van der Waals surface area contributed by atoms with Gasteiger partial charge in [0.1, 0.15) is 0 Å². The summed E-state index contributed by atoms with van der Waals surface area (Å²) in [5, 5.41) is 10.7. The first-order valence-electron chi connectivity index (χ1n) is 7.28. The van der Waals surface area contributed by atoms with Crippen LogP contribution in [0, 0.1) is 5.92 Å². The number of piperidine rings is 1. The van der Waals surface area contributed by atoms with Crippen molar-refractivity contribution in [2.24, 2.45) is 5.92 Å². The Morgan fingerprint density at radius 2 is 2.14 bits per heavy atom. The molecule has 2 fully saturated rings. The number of aromatic nitrogens is 3. The van der Waals surface area contributed by atoms with Gasteiger partial charge in [0.25, 0.3) is 5.95 Å². The van der Waals surface area contributed by atoms with Gasteiger partial charge in [-0.15, -0.1) is 5.10 Å². The second-order valence-corrected chi connectivity index (χ2v) is 7.29. The van der Waals surface area contributed by atoms with E-state index in [4.69, 9.17) is 0 Å². The summed E-state index contributed by atoms with van der Waals surface area (Å²) < 4.78 is 28.5. The highest BCUT2D eigenvalue weighted by Gasteiger charge is 2.30. The molecular formula is C12H20N6O2S. The molecule has 2 heterocycles. The zero-order valence-electron chi connectivity index (χ0n) is 11.8. The fraction of sp³-hybridized carbons (Fsp3) is 0.750. The van der Waals surface area contributed by atoms with Crippen molar-refractivity contribution in [1.82, 2.24) is 24.8 Å². The molecule has 21 heavy (non-hydrogen) atoms. The van der Waals surface area contributed by atoms with Gasteiger partial charge in [-0.05, 0) is 38.1 Å². The average molecular weight is 312 g/mol. The number of hydrogen-bond donors (Lipinski definition) is 2. The van der Waals surface area contributed by atoms with Gasteiger partial charge in [0, 0.05) is 19.1 Å². The number of anilines is 1. The minimum Gasteiger partial charge on any atom is -0.314 e. The lowest BCUT2D eigenvalue weighted by atomic mass is 10.00. The number of rotatable bonds is 6. The molecule has 9 heteroatoms. The lowest BCUT2D eigenvalue weighted by Gasteiger charge is -2.31. The van der Waals surface area contributed by atoms with Gasteiger partial charge in [-0.1, -0.05) is 0 Å². The summed E-state index contributed by atoms with van der Waals surface area (Å²) in [6.07, 6.45) is 7.24. The molecular weight excluding hydrogens is 292 g/mol. The summed E-state index contributed by atoms with van der Waals surface area (Å²) in [6, 6.07) is 0.652. The Bertz CT molecular complexity index is 562. The van der Waals surface area contributed by atoms with Crippen molar-refractivity contribution >= 4 is 16.2 Å². The highest BCUT2D eigenvalue weighted by molar-refractivity contribution is 7.90. The summed E-state index contributed by atoms with van der Waals surface area (Å²) in [5.74, 6) is 0.376. The van der Waals surface area contributed by atoms with Crippen molar-refractivity contribution in [1.29, 1.82) is 0 Å². The van der Waals surface area contributed by atoms with Crippen molar-refractivity contribution in [3.05, 3.63) is 12.4 Å². The minimum absolute atomic E-state index is 0.00993. The molecule has 0 aromatic carbocycles. The molecule has 1 aromatic heterocycles. The van der Waals surface area contributed by atoms with Crippen LogP contribution in [0.3, 0.4) is 0 Å². The monoisotopic (exact) mass is 312 g/mol. The van der Waals surface area contributed by atoms with Gasteiger partial charge in [0.05, 0.1) is 12.4 Å². The quantitative estimate of drug-likeness (QED) is 0.766. The highest BCUT2D eigenvalue weighted by Crippen LogP contribution is 2.22. The van der Waals surface area contributed by atoms with E-state index >= 15 is 0 Å². The molecule has 0 radical (unpaired) electrons. The maximum Gasteiger partial charge on any atom is 0.304 e. The Balaban J connectivity index is 1.58. The number of nitrogens with one attached hydrogen (secondary N) is 2. The second kappa shape index (κ2) is 6.20. The molecule has 1 unspecified atom stereocenters. The molecule has 0 spiro atoms. The van der Waals surface area contributed by atoms with Crippen LogP contribution in [0.2, 0.25) is 0 Å². The molecule has 0 amide bonds. The Morgan fingerprint density at radius 3 is 2.86 bits per heavy atom. The summed E-state index contributed by atoms with van der Waals surface area (Å²) in [7, 11) is -3.60. The number of hydrogen-bond acceptors (Lipinski definition) is 6. The van der Waals surface area contributed by atoms with E-state index < -0.39 is 10.2 Å². The third kappa shape index (κ3) is 4.08. The topological polar surface area (TPSA) is 100 Å². The molecule has 116 valence electrons. The molecule has 8 nitrogen and oxygen atoms in total. The Morgan fingerprint density at radius 1 is 1.29 bits per heavy atom. The van der Waals surface area contributed by atoms with Crippen molar-refractivity contribution in [3.8, 4) is 0 Å². The lowest BCUT2D eigenvalue weighted by molar-refractivity contribution is 0.261. The molecule has 2 aliphatic rings. The van der Waals surface area contributed by atoms with Crippen LogP contribution in [0.15, 0.2) is 12.4 Å². The second-order valence-electron chi connectivity index (χ2n) is 5.62. The Kier molecular flexibility index (Phi) is 4.32. The summed E-state index contributed by atoms with van der Waals surface area (Å²) in [5.41, 5.74) is 0. The Labute approximate surface area is 124 Å². The molecule has 2 N–H and O–H groups in total. The van der Waals surface area contributed by atoms with Gasteiger partial charge >= 0.3 is 10.2 Å². The van der Waals surface area contributed by atoms with Gasteiger partial charge < -0.3 is 5.32 Å². The molecule has 1 saturated heterocycles. The first-order valence-corrected chi connectivity index (χ1v) is 8.72. The standard InChI is InChI=1S/C12H20N6O2S/c19-21(20,17-12-13-5-6-15-16-12)18-7-1-2-10(9-18)8-14-11-3-4-11/h5-6,10-11,14H,1-4,7-9H2,(H,13,16,17). The van der Waals surface area contributed by atoms with Gasteiger partial charge in [0.2, 0.25) is 0 Å². The van der Waals surface area contributed by atoms with Crippen molar-refractivity contribution in [3.63, 3.8) is 0 Å². The fourth-order valence-corrected chi connectivity index (χ4v) is 3.74. The van der Waals surface area contributed by atoms with Crippen LogP contribution < -0.4 is 10.0 Å². The van der Waals surface area contributed by atoms with Crippen LogP contribution in [0.1, 0.15) is 25.7 Å². The van der Waals surface area contributed by atoms with Gasteiger partial charge in [-0.25, -0.2) is 9.71 Å². The van der Waals surface area contributed by atoms with Crippen LogP contribution in [-0.2, 0) is 10.2 Å². The smallest absolute Gasteiger partial charge is 0.304 e. The molecule has 1 atom stereocenters. The van der Waals surface area contributed by atoms with Crippen LogP contribution in [0.25, 0.3) is 0 Å². The summed E-state index contributed by atoms with van der Waals surface area (Å²) >= 11 is 0. The summed E-state index contributed by atoms with van der Waals surface area (Å²) in [6.45, 7) is 1.96. The maximum absolute atomic E-state index is 12.3. The van der Waals surface area contributed by atoms with E-state index in [0.29, 0.717) is 25.0 Å². The van der Waals surface area contributed by atoms with Crippen LogP contribution in [-0.4, -0.2) is 53.6 Å². The number of nitrogens with zero attached hydrogens (tertiary/aromatic N) is 4. The van der Waals surface area contributed by atoms with E-state index in [-0.39, 0.29) is 5.95 Å². The van der Waals surface area contributed by atoms with E-state index in [1.54, 1.807) is 0 Å². The third-order valence-corrected chi connectivity index (χ3v) is 5.25. The fourth-order valence-electron chi connectivity index (χ4n) is 2.51. The largest absolute Gasteiger partial charge is 0.314 e. The Hall–Kier alpha value is -1.32. The normalized spacial score (nSPS) is 23.9. The predicted molar refractivity (Wildman–Crippen MR) is 77.7 cm³/mol. The molecule has 1 aliphatic carbocycles. The van der Waals surface area contributed by atoms with Gasteiger partial charge in [0.15, 0.2) is 0 Å². The zero-order chi connectivity index (χ0) is 14.7. The van der Waals surface area contributed by atoms with Crippen molar-refractivity contribution < 1.29 is 8.42 Å². The van der Waals surface area contributed by atoms with Crippen LogP contribution >= 0.6 is 0 Å². The van der Waals surface area contributed by atoms with Gasteiger partial charge in [-0.2, -0.15) is 17.8 Å². The van der Waals surface area contributed by atoms with Crippen LogP contribution in [0.4, 0.5) is 5.95 Å². The zero-order valence-corrected chi connectivity index (χ0v) is 12.6. The van der Waals surface area contributed by atoms with Crippen molar-refractivity contribution in [2.45, 2.75) is 31.7 Å². The average Bonchev–Trinajstić information content (AvgIpc) is 3.30. The van der Waals surface area contributed by atoms with Gasteiger partial charge in [-0.3, -0.25) is 0 Å². The van der Waals surface area contributed by atoms with Crippen molar-refractivity contribution in [2.75, 3.05) is 24.4 Å². The highest BCUT2D eigenvalue weighted by atomic mass is 32.2.